The fourth-order valence-electron chi connectivity index (χ4n) is 1.81. The van der Waals surface area contributed by atoms with Crippen LogP contribution in [0.25, 0.3) is 0 Å². The molecule has 0 saturated carbocycles. The number of thioether (sulfide) groups is 1. The molecule has 0 amide bonds. The van der Waals surface area contributed by atoms with E-state index in [4.69, 9.17) is 5.11 Å². The van der Waals surface area contributed by atoms with Crippen molar-refractivity contribution < 1.29 is 18.3 Å². The highest BCUT2D eigenvalue weighted by Crippen LogP contribution is 2.35. The lowest BCUT2D eigenvalue weighted by Crippen LogP contribution is -2.21. The lowest BCUT2D eigenvalue weighted by atomic mass is 10.1. The summed E-state index contributed by atoms with van der Waals surface area (Å²) < 4.78 is 39.4. The highest BCUT2D eigenvalue weighted by molar-refractivity contribution is 8.00. The molecular formula is C15H22F3NOS. The summed E-state index contributed by atoms with van der Waals surface area (Å²) in [6, 6.07) is 4.37. The molecule has 0 aromatic heterocycles. The summed E-state index contributed by atoms with van der Waals surface area (Å²) in [6.45, 7) is 6.60. The molecule has 0 spiro atoms. The third kappa shape index (κ3) is 6.28. The van der Waals surface area contributed by atoms with Crippen molar-refractivity contribution in [3.8, 4) is 0 Å². The standard InChI is InChI=1S/C15H22F3NOS/c1-10(2)7-19-8-12-4-5-13(21-11(3)9-20)6-14(12)15(16,17)18/h4-6,10-11,19-20H,7-9H2,1-3H3. The Morgan fingerprint density at radius 3 is 2.43 bits per heavy atom. The molecule has 1 atom stereocenters. The second-order valence-electron chi connectivity index (χ2n) is 5.45. The molecule has 0 aliphatic rings. The molecule has 0 aliphatic heterocycles. The van der Waals surface area contributed by atoms with Crippen LogP contribution >= 0.6 is 11.8 Å². The normalized spacial score (nSPS) is 13.7. The van der Waals surface area contributed by atoms with Gasteiger partial charge in [-0.25, -0.2) is 0 Å². The third-order valence-electron chi connectivity index (χ3n) is 2.85. The highest BCUT2D eigenvalue weighted by Gasteiger charge is 2.33. The lowest BCUT2D eigenvalue weighted by molar-refractivity contribution is -0.138. The molecule has 2 nitrogen and oxygen atoms in total. The number of aliphatic hydroxyl groups excluding tert-OH is 1. The largest absolute Gasteiger partial charge is 0.416 e. The van der Waals surface area contributed by atoms with Crippen LogP contribution in [0.2, 0.25) is 0 Å². The fourth-order valence-corrected chi connectivity index (χ4v) is 2.68. The van der Waals surface area contributed by atoms with Crippen LogP contribution < -0.4 is 5.32 Å². The van der Waals surface area contributed by atoms with E-state index >= 15 is 0 Å². The maximum absolute atomic E-state index is 13.1. The summed E-state index contributed by atoms with van der Waals surface area (Å²) in [7, 11) is 0. The van der Waals surface area contributed by atoms with Gasteiger partial charge in [0.1, 0.15) is 0 Å². The molecule has 1 aromatic carbocycles. The topological polar surface area (TPSA) is 32.3 Å². The Bertz CT molecular complexity index is 449. The number of alkyl halides is 3. The van der Waals surface area contributed by atoms with Gasteiger partial charge in [-0.2, -0.15) is 13.2 Å². The van der Waals surface area contributed by atoms with Crippen LogP contribution in [0.1, 0.15) is 31.9 Å². The van der Waals surface area contributed by atoms with E-state index in [1.165, 1.54) is 23.9 Å². The number of nitrogens with one attached hydrogen (secondary N) is 1. The van der Waals surface area contributed by atoms with Crippen LogP contribution in [0.15, 0.2) is 23.1 Å². The van der Waals surface area contributed by atoms with Gasteiger partial charge in [0, 0.05) is 16.7 Å². The minimum atomic E-state index is -4.37. The maximum atomic E-state index is 13.1. The van der Waals surface area contributed by atoms with Gasteiger partial charge in [-0.15, -0.1) is 11.8 Å². The van der Waals surface area contributed by atoms with Crippen LogP contribution in [0.5, 0.6) is 0 Å². The van der Waals surface area contributed by atoms with Gasteiger partial charge in [0.2, 0.25) is 0 Å². The van der Waals surface area contributed by atoms with Gasteiger partial charge in [0.25, 0.3) is 0 Å². The second kappa shape index (κ2) is 8.06. The molecule has 1 rings (SSSR count). The van der Waals surface area contributed by atoms with Gasteiger partial charge in [0.15, 0.2) is 0 Å². The van der Waals surface area contributed by atoms with Crippen LogP contribution in [0.4, 0.5) is 13.2 Å². The number of hydrogen-bond donors (Lipinski definition) is 2. The van der Waals surface area contributed by atoms with E-state index in [1.54, 1.807) is 13.0 Å². The zero-order valence-electron chi connectivity index (χ0n) is 12.5. The predicted molar refractivity (Wildman–Crippen MR) is 80.4 cm³/mol. The van der Waals surface area contributed by atoms with Crippen LogP contribution in [0, 0.1) is 5.92 Å². The number of aliphatic hydroxyl groups is 1. The molecular weight excluding hydrogens is 299 g/mol. The molecule has 2 N–H and O–H groups in total. The van der Waals surface area contributed by atoms with Crippen LogP contribution in [-0.2, 0) is 12.7 Å². The number of benzene rings is 1. The van der Waals surface area contributed by atoms with Crippen molar-refractivity contribution in [2.24, 2.45) is 5.92 Å². The summed E-state index contributed by atoms with van der Waals surface area (Å²) >= 11 is 1.24. The molecule has 1 aromatic rings. The number of halogens is 3. The van der Waals surface area contributed by atoms with E-state index in [0.717, 1.165) is 0 Å². The Labute approximate surface area is 128 Å². The highest BCUT2D eigenvalue weighted by atomic mass is 32.2. The van der Waals surface area contributed by atoms with Crippen molar-refractivity contribution in [2.45, 2.75) is 43.6 Å². The van der Waals surface area contributed by atoms with Gasteiger partial charge in [-0.3, -0.25) is 0 Å². The van der Waals surface area contributed by atoms with Crippen LogP contribution in [0.3, 0.4) is 0 Å². The smallest absolute Gasteiger partial charge is 0.395 e. The first-order valence-corrected chi connectivity index (χ1v) is 7.80. The van der Waals surface area contributed by atoms with Gasteiger partial charge in [-0.05, 0) is 30.2 Å². The molecule has 120 valence electrons. The van der Waals surface area contributed by atoms with Gasteiger partial charge in [-0.1, -0.05) is 26.8 Å². The fraction of sp³-hybridized carbons (Fsp3) is 0.600. The van der Waals surface area contributed by atoms with Gasteiger partial charge < -0.3 is 10.4 Å². The Hall–Kier alpha value is -0.720. The Morgan fingerprint density at radius 1 is 1.24 bits per heavy atom. The SMILES string of the molecule is CC(C)CNCc1ccc(SC(C)CO)cc1C(F)(F)F. The average Bonchev–Trinajstić information content (AvgIpc) is 2.38. The first-order valence-electron chi connectivity index (χ1n) is 6.92. The van der Waals surface area contributed by atoms with E-state index in [1.807, 2.05) is 13.8 Å². The van der Waals surface area contributed by atoms with E-state index in [-0.39, 0.29) is 24.0 Å². The van der Waals surface area contributed by atoms with Crippen molar-refractivity contribution in [3.05, 3.63) is 29.3 Å². The average molecular weight is 321 g/mol. The molecule has 0 saturated heterocycles. The minimum Gasteiger partial charge on any atom is -0.395 e. The van der Waals surface area contributed by atoms with Gasteiger partial charge >= 0.3 is 6.18 Å². The Kier molecular flexibility index (Phi) is 7.03. The second-order valence-corrected chi connectivity index (χ2v) is 6.96. The van der Waals surface area contributed by atoms with Crippen molar-refractivity contribution in [1.82, 2.24) is 5.32 Å². The zero-order valence-corrected chi connectivity index (χ0v) is 13.3. The monoisotopic (exact) mass is 321 g/mol. The number of rotatable bonds is 7. The molecule has 0 bridgehead atoms. The molecule has 0 fully saturated rings. The molecule has 0 heterocycles. The molecule has 0 radical (unpaired) electrons. The lowest BCUT2D eigenvalue weighted by Gasteiger charge is -2.16. The number of hydrogen-bond acceptors (Lipinski definition) is 3. The summed E-state index contributed by atoms with van der Waals surface area (Å²) in [5, 5.41) is 11.9. The summed E-state index contributed by atoms with van der Waals surface area (Å²) in [6.07, 6.45) is -4.37. The van der Waals surface area contributed by atoms with Crippen LogP contribution in [-0.4, -0.2) is 23.5 Å². The Balaban J connectivity index is 2.92. The third-order valence-corrected chi connectivity index (χ3v) is 3.93. The molecule has 0 aliphatic carbocycles. The molecule has 1 unspecified atom stereocenters. The minimum absolute atomic E-state index is 0.0658. The molecule has 21 heavy (non-hydrogen) atoms. The van der Waals surface area contributed by atoms with E-state index in [2.05, 4.69) is 5.32 Å². The van der Waals surface area contributed by atoms with Crippen molar-refractivity contribution in [1.29, 1.82) is 0 Å². The van der Waals surface area contributed by atoms with Gasteiger partial charge in [0.05, 0.1) is 12.2 Å². The summed E-state index contributed by atoms with van der Waals surface area (Å²) in [5.41, 5.74) is -0.349. The van der Waals surface area contributed by atoms with Crippen molar-refractivity contribution in [3.63, 3.8) is 0 Å². The molecule has 6 heteroatoms. The van der Waals surface area contributed by atoms with E-state index in [9.17, 15) is 13.2 Å². The summed E-state index contributed by atoms with van der Waals surface area (Å²) in [4.78, 5) is 0.525. The van der Waals surface area contributed by atoms with Crippen molar-refractivity contribution in [2.75, 3.05) is 13.2 Å². The first kappa shape index (κ1) is 18.3. The van der Waals surface area contributed by atoms with E-state index < -0.39 is 11.7 Å². The van der Waals surface area contributed by atoms with Crippen molar-refractivity contribution >= 4 is 11.8 Å². The maximum Gasteiger partial charge on any atom is 0.416 e. The predicted octanol–water partition coefficient (Wildman–Crippen LogP) is 3.92. The Morgan fingerprint density at radius 2 is 1.90 bits per heavy atom. The first-order chi connectivity index (χ1) is 9.74. The quantitative estimate of drug-likeness (QED) is 0.747. The summed E-state index contributed by atoms with van der Waals surface area (Å²) in [5.74, 6) is 0.388. The zero-order chi connectivity index (χ0) is 16.0. The van der Waals surface area contributed by atoms with E-state index in [0.29, 0.717) is 17.4 Å².